The van der Waals surface area contributed by atoms with E-state index in [1.54, 1.807) is 0 Å². The van der Waals surface area contributed by atoms with E-state index in [0.717, 1.165) is 30.4 Å². The van der Waals surface area contributed by atoms with Crippen molar-refractivity contribution in [3.63, 3.8) is 0 Å². The van der Waals surface area contributed by atoms with Crippen molar-refractivity contribution in [1.82, 2.24) is 14.9 Å². The first-order valence-electron chi connectivity index (χ1n) is 8.04. The quantitative estimate of drug-likeness (QED) is 0.645. The summed E-state index contributed by atoms with van der Waals surface area (Å²) in [6, 6.07) is 0. The molecule has 3 heterocycles. The molecular weight excluding hydrogens is 264 g/mol. The van der Waals surface area contributed by atoms with Crippen molar-refractivity contribution in [2.75, 3.05) is 43.0 Å². The predicted molar refractivity (Wildman–Crippen MR) is 85.2 cm³/mol. The van der Waals surface area contributed by atoms with Gasteiger partial charge in [-0.1, -0.05) is 0 Å². The van der Waals surface area contributed by atoms with Gasteiger partial charge >= 0.3 is 0 Å². The number of aryl methyl sites for hydroxylation is 1. The molecule has 2 fully saturated rings. The number of hydrogen-bond donors (Lipinski definition) is 2. The Morgan fingerprint density at radius 3 is 2.62 bits per heavy atom. The van der Waals surface area contributed by atoms with E-state index in [2.05, 4.69) is 32.1 Å². The molecule has 3 N–H and O–H groups in total. The maximum Gasteiger partial charge on any atom is 0.239 e. The summed E-state index contributed by atoms with van der Waals surface area (Å²) in [4.78, 5) is 13.7. The molecule has 0 radical (unpaired) electrons. The predicted octanol–water partition coefficient (Wildman–Crippen LogP) is 1.38. The van der Waals surface area contributed by atoms with Gasteiger partial charge in [-0.3, -0.25) is 5.43 Å². The second-order valence-corrected chi connectivity index (χ2v) is 6.28. The molecule has 6 nitrogen and oxygen atoms in total. The molecule has 6 heteroatoms. The lowest BCUT2D eigenvalue weighted by Gasteiger charge is -2.35. The van der Waals surface area contributed by atoms with Gasteiger partial charge in [-0.05, 0) is 51.6 Å². The maximum absolute atomic E-state index is 5.41. The molecule has 0 unspecified atom stereocenters. The molecule has 0 aliphatic carbocycles. The monoisotopic (exact) mass is 290 g/mol. The van der Waals surface area contributed by atoms with Crippen molar-refractivity contribution >= 4 is 11.8 Å². The summed E-state index contributed by atoms with van der Waals surface area (Å²) < 4.78 is 0. The Bertz CT molecular complexity index is 463. The Balaban J connectivity index is 1.57. The molecule has 2 aliphatic rings. The molecule has 1 aromatic rings. The minimum Gasteiger partial charge on any atom is -0.356 e. The molecule has 0 bridgehead atoms. The van der Waals surface area contributed by atoms with Crippen LogP contribution in [0.4, 0.5) is 11.8 Å². The van der Waals surface area contributed by atoms with Crippen LogP contribution in [0.5, 0.6) is 0 Å². The number of piperidine rings is 1. The van der Waals surface area contributed by atoms with Gasteiger partial charge in [0, 0.05) is 31.4 Å². The number of hydrazine groups is 1. The molecule has 2 saturated heterocycles. The second-order valence-electron chi connectivity index (χ2n) is 6.28. The fourth-order valence-corrected chi connectivity index (χ4v) is 3.48. The average molecular weight is 290 g/mol. The number of rotatable bonds is 4. The summed E-state index contributed by atoms with van der Waals surface area (Å²) in [6.07, 6.45) is 7.12. The van der Waals surface area contributed by atoms with Gasteiger partial charge in [0.2, 0.25) is 5.95 Å². The fourth-order valence-electron chi connectivity index (χ4n) is 3.48. The second kappa shape index (κ2) is 6.58. The summed E-state index contributed by atoms with van der Waals surface area (Å²) in [5, 5.41) is 0. The summed E-state index contributed by atoms with van der Waals surface area (Å²) in [6.45, 7) is 8.12. The van der Waals surface area contributed by atoms with Gasteiger partial charge in [-0.25, -0.2) is 10.8 Å². The maximum atomic E-state index is 5.41. The van der Waals surface area contributed by atoms with E-state index in [-0.39, 0.29) is 0 Å². The minimum absolute atomic E-state index is 0.495. The zero-order chi connectivity index (χ0) is 14.7. The van der Waals surface area contributed by atoms with Crippen LogP contribution in [0.1, 0.15) is 31.2 Å². The van der Waals surface area contributed by atoms with Gasteiger partial charge in [0.15, 0.2) is 0 Å². The molecule has 1 aromatic heterocycles. The molecule has 0 spiro atoms. The number of nitrogens with zero attached hydrogens (tertiary/aromatic N) is 4. The lowest BCUT2D eigenvalue weighted by atomic mass is 9.96. The molecular formula is C15H26N6. The molecule has 0 amide bonds. The van der Waals surface area contributed by atoms with Gasteiger partial charge in [0.05, 0.1) is 0 Å². The zero-order valence-corrected chi connectivity index (χ0v) is 12.9. The largest absolute Gasteiger partial charge is 0.356 e. The van der Waals surface area contributed by atoms with Gasteiger partial charge in [0.25, 0.3) is 0 Å². The van der Waals surface area contributed by atoms with E-state index in [1.165, 1.54) is 45.3 Å². The first-order valence-corrected chi connectivity index (χ1v) is 8.04. The molecule has 3 rings (SSSR count). The molecule has 2 aliphatic heterocycles. The van der Waals surface area contributed by atoms with E-state index in [1.807, 2.05) is 6.20 Å². The Hall–Kier alpha value is -1.40. The van der Waals surface area contributed by atoms with Crippen molar-refractivity contribution in [2.45, 2.75) is 32.6 Å². The van der Waals surface area contributed by atoms with Crippen molar-refractivity contribution < 1.29 is 0 Å². The highest BCUT2D eigenvalue weighted by Crippen LogP contribution is 2.26. The number of nitrogens with one attached hydrogen (secondary N) is 1. The number of nitrogens with two attached hydrogens (primary N) is 1. The van der Waals surface area contributed by atoms with E-state index in [4.69, 9.17) is 5.84 Å². The highest BCUT2D eigenvalue weighted by atomic mass is 15.3. The van der Waals surface area contributed by atoms with Crippen LogP contribution >= 0.6 is 0 Å². The molecule has 0 aromatic carbocycles. The lowest BCUT2D eigenvalue weighted by Crippen LogP contribution is -2.39. The van der Waals surface area contributed by atoms with Crippen molar-refractivity contribution in [3.05, 3.63) is 11.8 Å². The average Bonchev–Trinajstić information content (AvgIpc) is 3.02. The van der Waals surface area contributed by atoms with Gasteiger partial charge in [-0.15, -0.1) is 0 Å². The highest BCUT2D eigenvalue weighted by molar-refractivity contribution is 5.48. The Morgan fingerprint density at radius 1 is 1.24 bits per heavy atom. The van der Waals surface area contributed by atoms with Crippen LogP contribution in [0.25, 0.3) is 0 Å². The number of anilines is 2. The molecule has 21 heavy (non-hydrogen) atoms. The summed E-state index contributed by atoms with van der Waals surface area (Å²) in [5.74, 6) is 7.77. The zero-order valence-electron chi connectivity index (χ0n) is 12.9. The molecule has 116 valence electrons. The topological polar surface area (TPSA) is 70.3 Å². The van der Waals surface area contributed by atoms with Crippen LogP contribution in [0, 0.1) is 12.8 Å². The van der Waals surface area contributed by atoms with E-state index in [9.17, 15) is 0 Å². The first-order chi connectivity index (χ1) is 10.3. The van der Waals surface area contributed by atoms with Crippen LogP contribution in [0.2, 0.25) is 0 Å². The number of hydrogen-bond acceptors (Lipinski definition) is 6. The number of aromatic nitrogens is 2. The smallest absolute Gasteiger partial charge is 0.239 e. The summed E-state index contributed by atoms with van der Waals surface area (Å²) in [5.41, 5.74) is 3.65. The molecule has 0 saturated carbocycles. The minimum atomic E-state index is 0.495. The SMILES string of the molecule is Cc1cnc(NN)nc1N1CCC(CN2CCCC2)CC1. The van der Waals surface area contributed by atoms with E-state index >= 15 is 0 Å². The van der Waals surface area contributed by atoms with Gasteiger partial charge < -0.3 is 9.80 Å². The van der Waals surface area contributed by atoms with Crippen LogP contribution < -0.4 is 16.2 Å². The van der Waals surface area contributed by atoms with Crippen molar-refractivity contribution in [1.29, 1.82) is 0 Å². The van der Waals surface area contributed by atoms with Gasteiger partial charge in [0.1, 0.15) is 5.82 Å². The van der Waals surface area contributed by atoms with Crippen LogP contribution in [0.3, 0.4) is 0 Å². The molecule has 0 atom stereocenters. The lowest BCUT2D eigenvalue weighted by molar-refractivity contribution is 0.249. The van der Waals surface area contributed by atoms with E-state index < -0.39 is 0 Å². The standard InChI is InChI=1S/C15H26N6/c1-12-10-17-15(19-16)18-14(12)21-8-4-13(5-9-21)11-20-6-2-3-7-20/h10,13H,2-9,11,16H2,1H3,(H,17,18,19). The van der Waals surface area contributed by atoms with Gasteiger partial charge in [-0.2, -0.15) is 4.98 Å². The van der Waals surface area contributed by atoms with Crippen LogP contribution in [-0.2, 0) is 0 Å². The fraction of sp³-hybridized carbons (Fsp3) is 0.733. The summed E-state index contributed by atoms with van der Waals surface area (Å²) >= 11 is 0. The van der Waals surface area contributed by atoms with E-state index in [0.29, 0.717) is 5.95 Å². The Morgan fingerprint density at radius 2 is 1.95 bits per heavy atom. The van der Waals surface area contributed by atoms with Crippen molar-refractivity contribution in [2.24, 2.45) is 11.8 Å². The Kier molecular flexibility index (Phi) is 4.55. The van der Waals surface area contributed by atoms with Crippen LogP contribution in [0.15, 0.2) is 6.20 Å². The first kappa shape index (κ1) is 14.5. The highest BCUT2D eigenvalue weighted by Gasteiger charge is 2.24. The normalized spacial score (nSPS) is 21.0. The summed E-state index contributed by atoms with van der Waals surface area (Å²) in [7, 11) is 0. The third kappa shape index (κ3) is 3.44. The van der Waals surface area contributed by atoms with Crippen LogP contribution in [-0.4, -0.2) is 47.6 Å². The third-order valence-electron chi connectivity index (χ3n) is 4.70. The Labute approximate surface area is 126 Å². The number of nitrogen functional groups attached to an aromatic ring is 1. The number of likely N-dealkylation sites (tertiary alicyclic amines) is 1. The third-order valence-corrected chi connectivity index (χ3v) is 4.70. The van der Waals surface area contributed by atoms with Crippen molar-refractivity contribution in [3.8, 4) is 0 Å².